The number of carbonyl (C=O) groups excluding carboxylic acids is 1. The van der Waals surface area contributed by atoms with Crippen molar-refractivity contribution < 1.29 is 50.6 Å². The normalized spacial score (nSPS) is 24.1. The van der Waals surface area contributed by atoms with Crippen molar-refractivity contribution in [1.29, 1.82) is 0 Å². The number of anilines is 5. The number of nitro benzene ring substituents is 1. The van der Waals surface area contributed by atoms with Crippen molar-refractivity contribution in [3.05, 3.63) is 111 Å². The number of nitro groups is 1. The summed E-state index contributed by atoms with van der Waals surface area (Å²) in [5.74, 6) is -1.88. The number of piperazine rings is 1. The van der Waals surface area contributed by atoms with E-state index >= 15 is 8.42 Å². The number of alkyl halides is 2. The van der Waals surface area contributed by atoms with Crippen LogP contribution < -0.4 is 40.0 Å². The van der Waals surface area contributed by atoms with Gasteiger partial charge in [-0.15, -0.1) is 0 Å². The van der Waals surface area contributed by atoms with Gasteiger partial charge in [0.2, 0.25) is 15.7 Å². The molecule has 4 atom stereocenters. The van der Waals surface area contributed by atoms with Crippen molar-refractivity contribution in [2.75, 3.05) is 126 Å². The highest BCUT2D eigenvalue weighted by Crippen LogP contribution is 2.56. The van der Waals surface area contributed by atoms with Crippen LogP contribution in [0.5, 0.6) is 17.4 Å². The Labute approximate surface area is 509 Å². The number of carbonyl (C=O) groups is 1. The molecule has 6 fully saturated rings. The minimum atomic E-state index is -4.89. The second kappa shape index (κ2) is 23.2. The Kier molecular flexibility index (Phi) is 15.4. The molecule has 14 rings (SSSR count). The largest absolute Gasteiger partial charge is 0.493 e. The molecule has 3 aromatic heterocycles. The molecule has 5 saturated heterocycles. The van der Waals surface area contributed by atoms with Gasteiger partial charge in [-0.05, 0) is 91.5 Å². The van der Waals surface area contributed by atoms with E-state index in [1.807, 2.05) is 28.1 Å². The highest BCUT2D eigenvalue weighted by atomic mass is 32.2. The van der Waals surface area contributed by atoms with Crippen molar-refractivity contribution in [3.63, 3.8) is 0 Å². The Balaban J connectivity index is 0.779. The number of halogens is 2. The molecule has 466 valence electrons. The van der Waals surface area contributed by atoms with Gasteiger partial charge in [0.25, 0.3) is 17.5 Å². The smallest absolute Gasteiger partial charge is 0.297 e. The lowest BCUT2D eigenvalue weighted by atomic mass is 9.59. The third-order valence-corrected chi connectivity index (χ3v) is 21.6. The van der Waals surface area contributed by atoms with E-state index in [1.165, 1.54) is 17.2 Å². The quantitative estimate of drug-likeness (QED) is 0.0695. The maximum Gasteiger partial charge on any atom is 0.297 e. The second-order valence-electron chi connectivity index (χ2n) is 25.1. The number of hydrogen-bond donors (Lipinski definition) is 3. The number of nitrogens with zero attached hydrogens (tertiary/aromatic N) is 9. The van der Waals surface area contributed by atoms with Crippen LogP contribution in [-0.4, -0.2) is 185 Å². The van der Waals surface area contributed by atoms with Gasteiger partial charge in [-0.1, -0.05) is 24.3 Å². The zero-order valence-electron chi connectivity index (χ0n) is 49.5. The van der Waals surface area contributed by atoms with E-state index in [4.69, 9.17) is 39.4 Å². The number of benzene rings is 3. The lowest BCUT2D eigenvalue weighted by Gasteiger charge is -2.58. The first-order valence-electron chi connectivity index (χ1n) is 30.7. The molecule has 0 bridgehead atoms. The van der Waals surface area contributed by atoms with Gasteiger partial charge in [-0.25, -0.2) is 22.2 Å². The van der Waals surface area contributed by atoms with Crippen molar-refractivity contribution in [3.8, 4) is 17.4 Å². The van der Waals surface area contributed by atoms with E-state index in [0.717, 1.165) is 88.1 Å². The van der Waals surface area contributed by atoms with Crippen molar-refractivity contribution in [1.82, 2.24) is 29.7 Å². The molecular formula is C63H74F2N12O10S. The van der Waals surface area contributed by atoms with Crippen LogP contribution in [0.15, 0.2) is 88.9 Å². The fourth-order valence-electron chi connectivity index (χ4n) is 15.1. The maximum absolute atomic E-state index is 16.4. The molecule has 8 aliphatic rings. The molecule has 0 radical (unpaired) electrons. The molecule has 3 aromatic carbocycles. The number of rotatable bonds is 14. The number of ether oxygens (including phenoxy) is 5. The number of pyridine rings is 2. The van der Waals surface area contributed by atoms with Crippen molar-refractivity contribution in [2.24, 2.45) is 11.1 Å². The summed E-state index contributed by atoms with van der Waals surface area (Å²) < 4.78 is 91.1. The van der Waals surface area contributed by atoms with Crippen LogP contribution in [0.4, 0.5) is 43.0 Å². The zero-order valence-corrected chi connectivity index (χ0v) is 50.3. The van der Waals surface area contributed by atoms with Gasteiger partial charge in [-0.2, -0.15) is 4.98 Å². The molecule has 25 heteroatoms. The summed E-state index contributed by atoms with van der Waals surface area (Å²) in [7, 11) is -3.18. The number of H-pyrrole nitrogens is 1. The van der Waals surface area contributed by atoms with Gasteiger partial charge in [0, 0.05) is 133 Å². The Hall–Kier alpha value is -7.42. The molecule has 0 unspecified atom stereocenters. The molecule has 22 nitrogen and oxygen atoms in total. The predicted octanol–water partition coefficient (Wildman–Crippen LogP) is 7.85. The summed E-state index contributed by atoms with van der Waals surface area (Å²) >= 11 is 0. The van der Waals surface area contributed by atoms with Gasteiger partial charge in [0.15, 0.2) is 23.0 Å². The number of methoxy groups -OCH3 is 1. The van der Waals surface area contributed by atoms with Crippen LogP contribution in [0.25, 0.3) is 11.0 Å². The van der Waals surface area contributed by atoms with Crippen LogP contribution in [0.1, 0.15) is 78.0 Å². The number of hydrogen-bond acceptors (Lipinski definition) is 19. The molecule has 88 heavy (non-hydrogen) atoms. The van der Waals surface area contributed by atoms with Gasteiger partial charge in [0.1, 0.15) is 28.9 Å². The Morgan fingerprint density at radius 2 is 1.69 bits per heavy atom. The first-order valence-corrected chi connectivity index (χ1v) is 32.2. The predicted molar refractivity (Wildman–Crippen MR) is 326 cm³/mol. The molecule has 7 aliphatic heterocycles. The minimum Gasteiger partial charge on any atom is -0.493 e. The summed E-state index contributed by atoms with van der Waals surface area (Å²) in [4.78, 5) is 52.1. The number of nitrogens with two attached hydrogens (primary N) is 1. The molecule has 10 heterocycles. The van der Waals surface area contributed by atoms with Crippen molar-refractivity contribution >= 4 is 61.0 Å². The molecule has 1 amide bonds. The zero-order chi connectivity index (χ0) is 60.6. The number of aromatic amines is 1. The van der Waals surface area contributed by atoms with Gasteiger partial charge < -0.3 is 59.3 Å². The third kappa shape index (κ3) is 10.9. The highest BCUT2D eigenvalue weighted by molar-refractivity contribution is 7.91. The molecule has 1 saturated carbocycles. The summed E-state index contributed by atoms with van der Waals surface area (Å²) in [5.41, 5.74) is 10.7. The number of sulfone groups is 1. The van der Waals surface area contributed by atoms with Crippen LogP contribution in [0, 0.1) is 22.5 Å². The fourth-order valence-corrected chi connectivity index (χ4v) is 16.8. The van der Waals surface area contributed by atoms with Crippen molar-refractivity contribution in [2.45, 2.75) is 104 Å². The Morgan fingerprint density at radius 3 is 2.45 bits per heavy atom. The molecule has 4 N–H and O–H groups in total. The average molecular weight is 1230 g/mol. The number of morpholine rings is 1. The molecule has 1 spiro atoms. The van der Waals surface area contributed by atoms with Gasteiger partial charge >= 0.3 is 0 Å². The average Bonchev–Trinajstić information content (AvgIpc) is 0.919. The maximum atomic E-state index is 16.4. The number of piperidine rings is 2. The Bertz CT molecular complexity index is 3770. The van der Waals surface area contributed by atoms with E-state index in [0.29, 0.717) is 67.8 Å². The van der Waals surface area contributed by atoms with E-state index < -0.39 is 55.4 Å². The monoisotopic (exact) mass is 1230 g/mol. The number of primary amides is 1. The standard InChI is InChI=1S/C63H74F2N12O10S/c1-39-5-3-4-6-45(39)51-36-72(34-40-27-53(83-2)60(68-33-40)74-22-25-84-26-23-74)20-21-75(51)43-31-62(32-43)11-18-73(19-12-62)48-8-7-46(58(66)78)56(76-47-10-24-85-38-54(47)87-61-50(76)28-41-9-15-67-59(41)70-61)57(48)88(81,82)44-29-49(77(79)80)55-52(30-44)86-37-42(69-55)35-71-16-13-63(64,65)14-17-71/h3-9,15,27-30,33,42-43,47,51,54,69H,10-14,16-26,31-32,34-38H2,1-2H3,(H2,66,78)(H,67,70)/t42-,47+,51+,54+/m1/s1. The lowest BCUT2D eigenvalue weighted by molar-refractivity contribution is -0.384. The topological polar surface area (TPSA) is 240 Å². The number of nitrogens with one attached hydrogen (secondary N) is 2. The number of aromatic nitrogens is 3. The van der Waals surface area contributed by atoms with E-state index in [1.54, 1.807) is 25.4 Å². The van der Waals surface area contributed by atoms with Crippen LogP contribution in [-0.2, 0) is 25.9 Å². The third-order valence-electron chi connectivity index (χ3n) is 19.8. The first-order chi connectivity index (χ1) is 42.5. The first kappa shape index (κ1) is 58.3. The number of fused-ring (bicyclic) bond motifs is 4. The van der Waals surface area contributed by atoms with Crippen LogP contribution in [0.3, 0.4) is 0 Å². The van der Waals surface area contributed by atoms with E-state index in [9.17, 15) is 23.7 Å². The van der Waals surface area contributed by atoms with Crippen LogP contribution >= 0.6 is 0 Å². The second-order valence-corrected chi connectivity index (χ2v) is 27.0. The minimum absolute atomic E-state index is 0.0111. The van der Waals surface area contributed by atoms with Gasteiger partial charge in [0.05, 0.1) is 65.8 Å². The van der Waals surface area contributed by atoms with Crippen LogP contribution in [0.2, 0.25) is 0 Å². The fraction of sp³-hybridized carbons (Fsp3) is 0.508. The summed E-state index contributed by atoms with van der Waals surface area (Å²) in [6.07, 6.45) is 6.35. The molecule has 1 aliphatic carbocycles. The number of aryl methyl sites for hydroxylation is 1. The lowest BCUT2D eigenvalue weighted by Crippen LogP contribution is -2.60. The van der Waals surface area contributed by atoms with E-state index in [2.05, 4.69) is 67.2 Å². The van der Waals surface area contributed by atoms with E-state index in [-0.39, 0.29) is 90.6 Å². The number of amides is 1. The number of likely N-dealkylation sites (tertiary alicyclic amines) is 1. The summed E-state index contributed by atoms with van der Waals surface area (Å²) in [5, 5.41) is 17.1. The highest BCUT2D eigenvalue weighted by Gasteiger charge is 2.52. The Morgan fingerprint density at radius 1 is 0.898 bits per heavy atom. The molecule has 6 aromatic rings. The van der Waals surface area contributed by atoms with Gasteiger partial charge in [-0.3, -0.25) is 24.7 Å². The molecular weight excluding hydrogens is 1150 g/mol. The summed E-state index contributed by atoms with van der Waals surface area (Å²) in [6.45, 7) is 10.4. The SMILES string of the molecule is COc1cc(CN2CCN(C3CC4(CCN(c5ccc(C(N)=O)c(N6c7cc8cc[nH]c8nc7O[C@H]7COCC[C@@H]76)c5S(=O)(=O)c5cc6c(c([N+](=O)[O-])c5)N[C@H](CN5CCC(F)(F)CC5)CO6)CC4)C3)[C@H](c3ccccc3C)C2)cnc1N1CCOCC1. The summed E-state index contributed by atoms with van der Waals surface area (Å²) in [6, 6.07) is 19.5.